The van der Waals surface area contributed by atoms with Crippen LogP contribution in [0, 0.1) is 12.7 Å². The fourth-order valence-corrected chi connectivity index (χ4v) is 4.10. The molecule has 102 valence electrons. The van der Waals surface area contributed by atoms with Gasteiger partial charge in [-0.2, -0.15) is 0 Å². The number of halogens is 3. The van der Waals surface area contributed by atoms with Gasteiger partial charge >= 0.3 is 0 Å². The van der Waals surface area contributed by atoms with Crippen molar-refractivity contribution in [3.63, 3.8) is 0 Å². The van der Waals surface area contributed by atoms with Crippen molar-refractivity contribution in [1.82, 2.24) is 5.32 Å². The van der Waals surface area contributed by atoms with Crippen LogP contribution in [0.2, 0.25) is 0 Å². The Labute approximate surface area is 133 Å². The summed E-state index contributed by atoms with van der Waals surface area (Å²) in [5.74, 6) is -0.229. The molecule has 19 heavy (non-hydrogen) atoms. The van der Waals surface area contributed by atoms with E-state index in [1.54, 1.807) is 17.4 Å². The summed E-state index contributed by atoms with van der Waals surface area (Å²) in [6.45, 7) is 4.94. The molecule has 1 atom stereocenters. The minimum Gasteiger partial charge on any atom is -0.306 e. The molecule has 0 saturated carbocycles. The first kappa shape index (κ1) is 15.2. The van der Waals surface area contributed by atoms with Gasteiger partial charge in [0.2, 0.25) is 0 Å². The summed E-state index contributed by atoms with van der Waals surface area (Å²) in [7, 11) is 0. The van der Waals surface area contributed by atoms with Crippen LogP contribution in [0.3, 0.4) is 0 Å². The zero-order chi connectivity index (χ0) is 14.0. The van der Waals surface area contributed by atoms with Crippen LogP contribution in [0.15, 0.2) is 32.5 Å². The second-order valence-electron chi connectivity index (χ2n) is 4.24. The number of hydrogen-bond donors (Lipinski definition) is 1. The summed E-state index contributed by atoms with van der Waals surface area (Å²) in [6, 6.07) is 7.30. The molecule has 0 amide bonds. The summed E-state index contributed by atoms with van der Waals surface area (Å²) in [5, 5.41) is 3.42. The minimum atomic E-state index is -0.229. The molecule has 0 aliphatic carbocycles. The van der Waals surface area contributed by atoms with E-state index in [0.717, 1.165) is 15.9 Å². The summed E-state index contributed by atoms with van der Waals surface area (Å²) in [5.41, 5.74) is 2.13. The van der Waals surface area contributed by atoms with Crippen molar-refractivity contribution in [2.45, 2.75) is 19.9 Å². The monoisotopic (exact) mass is 405 g/mol. The fraction of sp³-hybridized carbons (Fsp3) is 0.286. The molecule has 1 heterocycles. The lowest BCUT2D eigenvalue weighted by Gasteiger charge is -2.18. The fourth-order valence-electron chi connectivity index (χ4n) is 1.94. The van der Waals surface area contributed by atoms with E-state index in [-0.39, 0.29) is 11.9 Å². The maximum atomic E-state index is 13.7. The first-order valence-corrected chi connectivity index (χ1v) is 8.38. The number of hydrogen-bond acceptors (Lipinski definition) is 2. The normalized spacial score (nSPS) is 12.7. The topological polar surface area (TPSA) is 12.0 Å². The van der Waals surface area contributed by atoms with Gasteiger partial charge < -0.3 is 5.32 Å². The van der Waals surface area contributed by atoms with Crippen LogP contribution >= 0.6 is 43.2 Å². The van der Waals surface area contributed by atoms with E-state index in [1.165, 1.54) is 16.5 Å². The van der Waals surface area contributed by atoms with Crippen molar-refractivity contribution in [3.8, 4) is 0 Å². The Bertz CT molecular complexity index is 563. The third kappa shape index (κ3) is 3.27. The molecule has 0 spiro atoms. The van der Waals surface area contributed by atoms with E-state index in [0.29, 0.717) is 4.47 Å². The summed E-state index contributed by atoms with van der Waals surface area (Å²) in [4.78, 5) is 1.18. The summed E-state index contributed by atoms with van der Waals surface area (Å²) >= 11 is 8.58. The van der Waals surface area contributed by atoms with Gasteiger partial charge in [-0.3, -0.25) is 0 Å². The highest BCUT2D eigenvalue weighted by Crippen LogP contribution is 2.37. The van der Waals surface area contributed by atoms with Gasteiger partial charge in [0.1, 0.15) is 5.82 Å². The zero-order valence-electron chi connectivity index (χ0n) is 10.6. The van der Waals surface area contributed by atoms with Crippen molar-refractivity contribution in [2.75, 3.05) is 6.54 Å². The third-order valence-corrected chi connectivity index (χ3v) is 5.90. The van der Waals surface area contributed by atoms with Gasteiger partial charge in [0, 0.05) is 4.88 Å². The van der Waals surface area contributed by atoms with Crippen LogP contribution < -0.4 is 5.32 Å². The van der Waals surface area contributed by atoms with E-state index in [9.17, 15) is 4.39 Å². The lowest BCUT2D eigenvalue weighted by Crippen LogP contribution is -2.21. The van der Waals surface area contributed by atoms with E-state index in [2.05, 4.69) is 57.1 Å². The minimum absolute atomic E-state index is 0.00470. The Morgan fingerprint density at radius 1 is 1.37 bits per heavy atom. The van der Waals surface area contributed by atoms with Crippen molar-refractivity contribution >= 4 is 43.2 Å². The van der Waals surface area contributed by atoms with E-state index >= 15 is 0 Å². The van der Waals surface area contributed by atoms with Crippen molar-refractivity contribution in [3.05, 3.63) is 54.3 Å². The molecule has 2 aromatic rings. The molecule has 5 heteroatoms. The third-order valence-electron chi connectivity index (χ3n) is 2.86. The second kappa shape index (κ2) is 6.48. The van der Waals surface area contributed by atoms with Crippen LogP contribution in [0.4, 0.5) is 4.39 Å². The lowest BCUT2D eigenvalue weighted by atomic mass is 10.0. The van der Waals surface area contributed by atoms with Gasteiger partial charge in [-0.15, -0.1) is 11.3 Å². The number of benzene rings is 1. The molecule has 0 aliphatic rings. The lowest BCUT2D eigenvalue weighted by molar-refractivity contribution is 0.599. The van der Waals surface area contributed by atoms with E-state index < -0.39 is 0 Å². The predicted molar refractivity (Wildman–Crippen MR) is 86.4 cm³/mol. The maximum Gasteiger partial charge on any atom is 0.137 e. The Morgan fingerprint density at radius 2 is 2.11 bits per heavy atom. The van der Waals surface area contributed by atoms with Gasteiger partial charge in [0.15, 0.2) is 0 Å². The Morgan fingerprint density at radius 3 is 2.68 bits per heavy atom. The SMILES string of the molecule is CCNC(c1cc(C)c(Br)s1)c1cccc(F)c1Br. The number of nitrogens with one attached hydrogen (secondary N) is 1. The molecule has 0 saturated heterocycles. The van der Waals surface area contributed by atoms with Gasteiger partial charge in [-0.25, -0.2) is 4.39 Å². The van der Waals surface area contributed by atoms with E-state index in [4.69, 9.17) is 0 Å². The molecule has 1 aromatic heterocycles. The molecule has 0 bridgehead atoms. The maximum absolute atomic E-state index is 13.7. The average Bonchev–Trinajstić information content (AvgIpc) is 2.70. The molecular formula is C14H14Br2FNS. The van der Waals surface area contributed by atoms with Gasteiger partial charge in [0.05, 0.1) is 14.3 Å². The average molecular weight is 407 g/mol. The van der Waals surface area contributed by atoms with Crippen LogP contribution in [0.1, 0.15) is 29.0 Å². The zero-order valence-corrected chi connectivity index (χ0v) is 14.6. The van der Waals surface area contributed by atoms with Crippen LogP contribution in [-0.4, -0.2) is 6.54 Å². The highest BCUT2D eigenvalue weighted by atomic mass is 79.9. The van der Waals surface area contributed by atoms with Crippen molar-refractivity contribution in [2.24, 2.45) is 0 Å². The Kier molecular flexibility index (Phi) is 5.17. The number of aryl methyl sites for hydroxylation is 1. The molecule has 1 nitrogen and oxygen atoms in total. The highest BCUT2D eigenvalue weighted by Gasteiger charge is 2.20. The molecule has 0 fully saturated rings. The Hall–Kier alpha value is -0.230. The Balaban J connectivity index is 2.48. The second-order valence-corrected chi connectivity index (χ2v) is 7.43. The standard InChI is InChI=1S/C14H14Br2FNS/c1-3-18-13(11-7-8(2)14(16)19-11)9-5-4-6-10(17)12(9)15/h4-7,13,18H,3H2,1-2H3. The van der Waals surface area contributed by atoms with Gasteiger partial charge in [0.25, 0.3) is 0 Å². The molecule has 2 rings (SSSR count). The molecule has 0 radical (unpaired) electrons. The number of thiophene rings is 1. The van der Waals surface area contributed by atoms with E-state index in [1.807, 2.05) is 6.07 Å². The van der Waals surface area contributed by atoms with Crippen molar-refractivity contribution in [1.29, 1.82) is 0 Å². The molecule has 1 N–H and O–H groups in total. The largest absolute Gasteiger partial charge is 0.306 e. The van der Waals surface area contributed by atoms with Gasteiger partial charge in [-0.05, 0) is 68.6 Å². The summed E-state index contributed by atoms with van der Waals surface area (Å²) in [6.07, 6.45) is 0. The molecule has 1 aromatic carbocycles. The van der Waals surface area contributed by atoms with Gasteiger partial charge in [-0.1, -0.05) is 19.1 Å². The van der Waals surface area contributed by atoms with Crippen LogP contribution in [0.25, 0.3) is 0 Å². The molecule has 0 aliphatic heterocycles. The quantitative estimate of drug-likeness (QED) is 0.714. The first-order valence-electron chi connectivity index (χ1n) is 5.97. The highest BCUT2D eigenvalue weighted by molar-refractivity contribution is 9.11. The first-order chi connectivity index (χ1) is 9.04. The number of rotatable bonds is 4. The van der Waals surface area contributed by atoms with Crippen LogP contribution in [0.5, 0.6) is 0 Å². The summed E-state index contributed by atoms with van der Waals surface area (Å²) < 4.78 is 15.4. The smallest absolute Gasteiger partial charge is 0.137 e. The molecular weight excluding hydrogens is 393 g/mol. The predicted octanol–water partition coefficient (Wildman–Crippen LogP) is 5.42. The molecule has 1 unspecified atom stereocenters. The van der Waals surface area contributed by atoms with Crippen LogP contribution in [-0.2, 0) is 0 Å². The van der Waals surface area contributed by atoms with Crippen molar-refractivity contribution < 1.29 is 4.39 Å².